The Morgan fingerprint density at radius 2 is 2.08 bits per heavy atom. The van der Waals surface area contributed by atoms with Gasteiger partial charge in [-0.05, 0) is 32.0 Å². The Morgan fingerprint density at radius 1 is 1.20 bits per heavy atom. The summed E-state index contributed by atoms with van der Waals surface area (Å²) in [7, 11) is 2.04. The highest BCUT2D eigenvalue weighted by Crippen LogP contribution is 2.23. The van der Waals surface area contributed by atoms with Crippen LogP contribution in [0.1, 0.15) is 25.5 Å². The van der Waals surface area contributed by atoms with E-state index in [4.69, 9.17) is 9.97 Å². The highest BCUT2D eigenvalue weighted by atomic mass is 15.3. The van der Waals surface area contributed by atoms with Crippen molar-refractivity contribution in [3.05, 3.63) is 48.3 Å². The molecule has 5 heteroatoms. The number of aryl methyl sites for hydroxylation is 1. The molecule has 0 radical (unpaired) electrons. The first-order valence-electron chi connectivity index (χ1n) is 9.15. The maximum absolute atomic E-state index is 4.91. The number of fused-ring (bicyclic) bond motifs is 1. The molecule has 0 bridgehead atoms. The number of rotatable bonds is 5. The van der Waals surface area contributed by atoms with Gasteiger partial charge in [0.1, 0.15) is 5.82 Å². The van der Waals surface area contributed by atoms with Crippen LogP contribution in [0.5, 0.6) is 0 Å². The molecule has 1 aliphatic rings. The molecule has 1 atom stereocenters. The number of likely N-dealkylation sites (N-methyl/N-ethyl adjacent to an activating group) is 1. The fourth-order valence-corrected chi connectivity index (χ4v) is 3.58. The van der Waals surface area contributed by atoms with E-state index >= 15 is 0 Å². The number of aromatic nitrogens is 3. The van der Waals surface area contributed by atoms with Crippen molar-refractivity contribution in [1.82, 2.24) is 19.9 Å². The van der Waals surface area contributed by atoms with Crippen LogP contribution in [-0.2, 0) is 6.42 Å². The zero-order chi connectivity index (χ0) is 17.2. The number of nitrogens with zero attached hydrogens (tertiary/aromatic N) is 4. The molecule has 1 N–H and O–H groups in total. The zero-order valence-corrected chi connectivity index (χ0v) is 14.9. The maximum Gasteiger partial charge on any atom is 0.236 e. The lowest BCUT2D eigenvalue weighted by Crippen LogP contribution is -2.30. The van der Waals surface area contributed by atoms with Crippen LogP contribution in [0.25, 0.3) is 16.9 Å². The van der Waals surface area contributed by atoms with Crippen LogP contribution in [0.2, 0.25) is 0 Å². The highest BCUT2D eigenvalue weighted by Gasteiger charge is 2.23. The lowest BCUT2D eigenvalue weighted by atomic mass is 10.2. The van der Waals surface area contributed by atoms with Crippen LogP contribution in [0.15, 0.2) is 42.6 Å². The van der Waals surface area contributed by atoms with Crippen molar-refractivity contribution in [2.24, 2.45) is 0 Å². The Balaban J connectivity index is 1.77. The van der Waals surface area contributed by atoms with Gasteiger partial charge in [-0.2, -0.15) is 4.98 Å². The highest BCUT2D eigenvalue weighted by molar-refractivity contribution is 5.81. The van der Waals surface area contributed by atoms with E-state index in [-0.39, 0.29) is 0 Å². The van der Waals surface area contributed by atoms with Gasteiger partial charge in [0.2, 0.25) is 5.95 Å². The third kappa shape index (κ3) is 3.12. The Morgan fingerprint density at radius 3 is 2.88 bits per heavy atom. The van der Waals surface area contributed by atoms with Gasteiger partial charge in [0, 0.05) is 42.5 Å². The Kier molecular flexibility index (Phi) is 4.40. The molecule has 0 amide bonds. The summed E-state index contributed by atoms with van der Waals surface area (Å²) in [6.07, 6.45) is 5.29. The molecular formula is C20H25N5. The largest absolute Gasteiger partial charge is 0.355 e. The maximum atomic E-state index is 4.91. The number of nitrogens with one attached hydrogen (secondary N) is 1. The van der Waals surface area contributed by atoms with Crippen LogP contribution in [0.4, 0.5) is 5.82 Å². The minimum Gasteiger partial charge on any atom is -0.355 e. The van der Waals surface area contributed by atoms with Crippen molar-refractivity contribution in [2.75, 3.05) is 25.0 Å². The molecule has 4 rings (SSSR count). The van der Waals surface area contributed by atoms with Crippen LogP contribution in [-0.4, -0.2) is 40.7 Å². The van der Waals surface area contributed by atoms with E-state index < -0.39 is 0 Å². The first kappa shape index (κ1) is 16.1. The molecule has 0 unspecified atom stereocenters. The fourth-order valence-electron chi connectivity index (χ4n) is 3.58. The summed E-state index contributed by atoms with van der Waals surface area (Å²) in [6, 6.07) is 13.2. The van der Waals surface area contributed by atoms with E-state index in [0.717, 1.165) is 55.3 Å². The van der Waals surface area contributed by atoms with Gasteiger partial charge in [0.05, 0.1) is 5.52 Å². The van der Waals surface area contributed by atoms with Gasteiger partial charge < -0.3 is 10.2 Å². The zero-order valence-electron chi connectivity index (χ0n) is 14.9. The van der Waals surface area contributed by atoms with E-state index in [9.17, 15) is 0 Å². The molecule has 25 heavy (non-hydrogen) atoms. The Labute approximate surface area is 148 Å². The normalized spacial score (nSPS) is 17.5. The van der Waals surface area contributed by atoms with Crippen LogP contribution < -0.4 is 10.2 Å². The van der Waals surface area contributed by atoms with Crippen molar-refractivity contribution >= 4 is 16.7 Å². The van der Waals surface area contributed by atoms with Crippen molar-refractivity contribution in [3.8, 4) is 5.95 Å². The van der Waals surface area contributed by atoms with E-state index in [2.05, 4.69) is 64.3 Å². The second-order valence-electron chi connectivity index (χ2n) is 6.73. The predicted octanol–water partition coefficient (Wildman–Crippen LogP) is 3.17. The molecular weight excluding hydrogens is 310 g/mol. The summed E-state index contributed by atoms with van der Waals surface area (Å²) in [5.41, 5.74) is 2.27. The number of para-hydroxylation sites is 1. The number of anilines is 1. The first-order chi connectivity index (χ1) is 12.3. The lowest BCUT2D eigenvalue weighted by Gasteiger charge is -2.19. The van der Waals surface area contributed by atoms with E-state index in [1.807, 2.05) is 7.05 Å². The van der Waals surface area contributed by atoms with Gasteiger partial charge in [0.15, 0.2) is 0 Å². The minimum atomic E-state index is 0.542. The Bertz CT molecular complexity index is 869. The summed E-state index contributed by atoms with van der Waals surface area (Å²) in [5, 5.41) is 4.59. The van der Waals surface area contributed by atoms with Gasteiger partial charge in [-0.3, -0.25) is 4.57 Å². The lowest BCUT2D eigenvalue weighted by molar-refractivity contribution is 0.616. The molecule has 2 aromatic heterocycles. The van der Waals surface area contributed by atoms with Gasteiger partial charge >= 0.3 is 0 Å². The average molecular weight is 335 g/mol. The number of benzene rings is 1. The topological polar surface area (TPSA) is 46.0 Å². The van der Waals surface area contributed by atoms with Gasteiger partial charge in [-0.1, -0.05) is 31.5 Å². The summed E-state index contributed by atoms with van der Waals surface area (Å²) in [4.78, 5) is 12.1. The molecule has 1 fully saturated rings. The Hall–Kier alpha value is -2.40. The molecule has 0 saturated carbocycles. The second-order valence-corrected chi connectivity index (χ2v) is 6.73. The average Bonchev–Trinajstić information content (AvgIpc) is 3.29. The van der Waals surface area contributed by atoms with E-state index in [1.165, 1.54) is 5.39 Å². The predicted molar refractivity (Wildman–Crippen MR) is 103 cm³/mol. The smallest absolute Gasteiger partial charge is 0.236 e. The molecule has 0 spiro atoms. The van der Waals surface area contributed by atoms with Gasteiger partial charge in [-0.25, -0.2) is 4.98 Å². The molecule has 3 heterocycles. The molecule has 1 aromatic carbocycles. The summed E-state index contributed by atoms with van der Waals surface area (Å²) < 4.78 is 2.10. The van der Waals surface area contributed by atoms with Crippen molar-refractivity contribution in [2.45, 2.75) is 32.2 Å². The van der Waals surface area contributed by atoms with E-state index in [1.54, 1.807) is 0 Å². The van der Waals surface area contributed by atoms with Crippen molar-refractivity contribution in [3.63, 3.8) is 0 Å². The summed E-state index contributed by atoms with van der Waals surface area (Å²) in [5.74, 6) is 1.82. The van der Waals surface area contributed by atoms with Crippen LogP contribution >= 0.6 is 0 Å². The summed E-state index contributed by atoms with van der Waals surface area (Å²) >= 11 is 0. The molecule has 0 aliphatic carbocycles. The second kappa shape index (κ2) is 6.84. The standard InChI is InChI=1S/C20H25N5/c1-3-6-16-13-19(24-11-10-17(14-24)21-2)23-20(22-16)25-12-9-15-7-4-5-8-18(15)25/h4-5,7-9,12-13,17,21H,3,6,10-11,14H2,1-2H3/t17-/m0/s1. The van der Waals surface area contributed by atoms with Crippen LogP contribution in [0.3, 0.4) is 0 Å². The summed E-state index contributed by atoms with van der Waals surface area (Å²) in [6.45, 7) is 4.24. The number of hydrogen-bond acceptors (Lipinski definition) is 4. The first-order valence-corrected chi connectivity index (χ1v) is 9.15. The monoisotopic (exact) mass is 335 g/mol. The molecule has 3 aromatic rings. The quantitative estimate of drug-likeness (QED) is 0.778. The van der Waals surface area contributed by atoms with E-state index in [0.29, 0.717) is 6.04 Å². The van der Waals surface area contributed by atoms with Gasteiger partial charge in [-0.15, -0.1) is 0 Å². The number of hydrogen-bond donors (Lipinski definition) is 1. The SMILES string of the molecule is CCCc1cc(N2CC[C@H](NC)C2)nc(-n2ccc3ccccc32)n1. The third-order valence-corrected chi connectivity index (χ3v) is 5.00. The third-order valence-electron chi connectivity index (χ3n) is 5.00. The molecule has 1 saturated heterocycles. The molecule has 5 nitrogen and oxygen atoms in total. The molecule has 1 aliphatic heterocycles. The molecule has 130 valence electrons. The van der Waals surface area contributed by atoms with Gasteiger partial charge in [0.25, 0.3) is 0 Å². The fraction of sp³-hybridized carbons (Fsp3) is 0.400. The van der Waals surface area contributed by atoms with Crippen molar-refractivity contribution < 1.29 is 0 Å². The van der Waals surface area contributed by atoms with Crippen molar-refractivity contribution in [1.29, 1.82) is 0 Å². The van der Waals surface area contributed by atoms with Crippen LogP contribution in [0, 0.1) is 0 Å². The minimum absolute atomic E-state index is 0.542.